The Kier molecular flexibility index (Phi) is 4.89. The van der Waals surface area contributed by atoms with Crippen LogP contribution >= 0.6 is 0 Å². The molecule has 1 aliphatic heterocycles. The largest absolute Gasteiger partial charge is 0.490 e. The highest BCUT2D eigenvalue weighted by Gasteiger charge is 2.61. The van der Waals surface area contributed by atoms with Crippen LogP contribution in [0, 0.1) is 11.2 Å². The minimum absolute atomic E-state index is 0.128. The fourth-order valence-electron chi connectivity index (χ4n) is 5.03. The molecule has 5 nitrogen and oxygen atoms in total. The average Bonchev–Trinajstić information content (AvgIpc) is 3.11. The first-order valence-electron chi connectivity index (χ1n) is 9.91. The Morgan fingerprint density at radius 3 is 2.61 bits per heavy atom. The standard InChI is InChI=1S/C21H27F2N3O2/c1-13-19(24)26-21(25-13)16-11-18(28-9-3-8-22)17(23)10-14(16)12-20(21)6-4-15(27-2)5-7-20/h10-11,15H,3-9,12H2,1-2H3,(H2,24,26)/t15-,20-,21?. The van der Waals surface area contributed by atoms with Crippen LogP contribution in [-0.4, -0.2) is 38.0 Å². The second-order valence-corrected chi connectivity index (χ2v) is 8.09. The van der Waals surface area contributed by atoms with Crippen LogP contribution < -0.4 is 10.5 Å². The summed E-state index contributed by atoms with van der Waals surface area (Å²) in [5.41, 5.74) is 7.55. The third-order valence-electron chi connectivity index (χ3n) is 6.54. The lowest BCUT2D eigenvalue weighted by Gasteiger charge is -2.44. The molecule has 0 aromatic heterocycles. The number of hydrogen-bond donors (Lipinski definition) is 1. The van der Waals surface area contributed by atoms with Crippen molar-refractivity contribution in [3.05, 3.63) is 29.1 Å². The summed E-state index contributed by atoms with van der Waals surface area (Å²) >= 11 is 0. The molecular weight excluding hydrogens is 364 g/mol. The zero-order chi connectivity index (χ0) is 19.9. The molecule has 1 aromatic rings. The summed E-state index contributed by atoms with van der Waals surface area (Å²) in [7, 11) is 1.74. The maximum Gasteiger partial charge on any atom is 0.184 e. The molecule has 2 spiro atoms. The normalized spacial score (nSPS) is 31.2. The molecule has 1 unspecified atom stereocenters. The summed E-state index contributed by atoms with van der Waals surface area (Å²) in [6.45, 7) is 1.50. The van der Waals surface area contributed by atoms with Gasteiger partial charge in [-0.05, 0) is 56.7 Å². The highest BCUT2D eigenvalue weighted by Crippen LogP contribution is 2.62. The number of nitrogens with two attached hydrogens (primary N) is 1. The van der Waals surface area contributed by atoms with Gasteiger partial charge in [0, 0.05) is 24.5 Å². The van der Waals surface area contributed by atoms with E-state index < -0.39 is 18.2 Å². The zero-order valence-corrected chi connectivity index (χ0v) is 16.4. The van der Waals surface area contributed by atoms with E-state index >= 15 is 0 Å². The van der Waals surface area contributed by atoms with Gasteiger partial charge < -0.3 is 15.2 Å². The molecule has 0 saturated heterocycles. The molecule has 0 amide bonds. The monoisotopic (exact) mass is 391 g/mol. The number of hydrogen-bond acceptors (Lipinski definition) is 5. The quantitative estimate of drug-likeness (QED) is 0.779. The minimum atomic E-state index is -0.832. The molecule has 2 N–H and O–H groups in total. The van der Waals surface area contributed by atoms with Gasteiger partial charge in [-0.25, -0.2) is 9.38 Å². The van der Waals surface area contributed by atoms with E-state index in [0.29, 0.717) is 18.0 Å². The van der Waals surface area contributed by atoms with E-state index in [1.165, 1.54) is 6.07 Å². The molecule has 28 heavy (non-hydrogen) atoms. The summed E-state index contributed by atoms with van der Waals surface area (Å²) in [5.74, 6) is 0.138. The van der Waals surface area contributed by atoms with E-state index in [4.69, 9.17) is 25.2 Å². The lowest BCUT2D eigenvalue weighted by Crippen LogP contribution is -2.43. The van der Waals surface area contributed by atoms with Crippen LogP contribution in [0.2, 0.25) is 0 Å². The topological polar surface area (TPSA) is 69.2 Å². The second-order valence-electron chi connectivity index (χ2n) is 8.09. The third kappa shape index (κ3) is 2.82. The molecule has 1 aromatic carbocycles. The van der Waals surface area contributed by atoms with Gasteiger partial charge >= 0.3 is 0 Å². The van der Waals surface area contributed by atoms with Crippen molar-refractivity contribution in [2.45, 2.75) is 57.2 Å². The number of aliphatic imine (C=N–C) groups is 2. The predicted molar refractivity (Wildman–Crippen MR) is 104 cm³/mol. The van der Waals surface area contributed by atoms with E-state index in [1.54, 1.807) is 13.2 Å². The van der Waals surface area contributed by atoms with Crippen molar-refractivity contribution in [1.82, 2.24) is 0 Å². The molecular formula is C21H27F2N3O2. The van der Waals surface area contributed by atoms with Crippen LogP contribution in [0.25, 0.3) is 0 Å². The summed E-state index contributed by atoms with van der Waals surface area (Å²) in [4.78, 5) is 9.79. The maximum atomic E-state index is 14.6. The summed E-state index contributed by atoms with van der Waals surface area (Å²) in [6.07, 6.45) is 4.76. The lowest BCUT2D eigenvalue weighted by molar-refractivity contribution is -0.000402. The van der Waals surface area contributed by atoms with Crippen LogP contribution in [0.4, 0.5) is 8.78 Å². The van der Waals surface area contributed by atoms with Crippen molar-refractivity contribution in [1.29, 1.82) is 0 Å². The Morgan fingerprint density at radius 1 is 1.25 bits per heavy atom. The molecule has 7 heteroatoms. The van der Waals surface area contributed by atoms with Crippen LogP contribution in [0.5, 0.6) is 5.75 Å². The molecule has 0 radical (unpaired) electrons. The molecule has 2 aliphatic carbocycles. The summed E-state index contributed by atoms with van der Waals surface area (Å²) in [6, 6.07) is 3.24. The van der Waals surface area contributed by atoms with Gasteiger partial charge in [-0.1, -0.05) is 0 Å². The van der Waals surface area contributed by atoms with Gasteiger partial charge in [0.15, 0.2) is 17.2 Å². The Bertz CT molecular complexity index is 811. The van der Waals surface area contributed by atoms with Crippen molar-refractivity contribution in [2.24, 2.45) is 21.1 Å². The van der Waals surface area contributed by atoms with Crippen molar-refractivity contribution in [3.8, 4) is 5.75 Å². The third-order valence-corrected chi connectivity index (χ3v) is 6.54. The van der Waals surface area contributed by atoms with Crippen LogP contribution in [0.1, 0.15) is 50.2 Å². The molecule has 1 fully saturated rings. The van der Waals surface area contributed by atoms with Crippen LogP contribution in [0.15, 0.2) is 22.1 Å². The Balaban J connectivity index is 1.78. The van der Waals surface area contributed by atoms with Crippen LogP contribution in [-0.2, 0) is 16.8 Å². The number of amidine groups is 1. The molecule has 1 atom stereocenters. The van der Waals surface area contributed by atoms with Crippen LogP contribution in [0.3, 0.4) is 0 Å². The number of halogens is 2. The number of nitrogens with zero attached hydrogens (tertiary/aromatic N) is 2. The number of alkyl halides is 1. The molecule has 3 aliphatic rings. The molecule has 1 saturated carbocycles. The Morgan fingerprint density at radius 2 is 2.00 bits per heavy atom. The number of benzene rings is 1. The predicted octanol–water partition coefficient (Wildman–Crippen LogP) is 3.68. The summed E-state index contributed by atoms with van der Waals surface area (Å²) in [5, 5.41) is 0. The lowest BCUT2D eigenvalue weighted by atomic mass is 9.65. The second kappa shape index (κ2) is 7.10. The van der Waals surface area contributed by atoms with Gasteiger partial charge in [-0.3, -0.25) is 9.38 Å². The van der Waals surface area contributed by atoms with Gasteiger partial charge in [-0.15, -0.1) is 0 Å². The fourth-order valence-corrected chi connectivity index (χ4v) is 5.03. The van der Waals surface area contributed by atoms with E-state index in [2.05, 4.69) is 0 Å². The first kappa shape index (κ1) is 19.3. The van der Waals surface area contributed by atoms with Crippen molar-refractivity contribution in [3.63, 3.8) is 0 Å². The number of rotatable bonds is 5. The molecule has 4 rings (SSSR count). The van der Waals surface area contributed by atoms with Crippen molar-refractivity contribution < 1.29 is 18.3 Å². The van der Waals surface area contributed by atoms with Crippen molar-refractivity contribution in [2.75, 3.05) is 20.4 Å². The van der Waals surface area contributed by atoms with Crippen molar-refractivity contribution >= 4 is 11.5 Å². The smallest absolute Gasteiger partial charge is 0.184 e. The zero-order valence-electron chi connectivity index (χ0n) is 16.4. The van der Waals surface area contributed by atoms with E-state index in [0.717, 1.165) is 36.8 Å². The Hall–Kier alpha value is -2.02. The van der Waals surface area contributed by atoms with E-state index in [-0.39, 0.29) is 30.3 Å². The molecule has 0 bridgehead atoms. The number of methoxy groups -OCH3 is 1. The Labute approximate surface area is 164 Å². The van der Waals surface area contributed by atoms with E-state index in [1.807, 2.05) is 6.92 Å². The first-order chi connectivity index (χ1) is 13.4. The van der Waals surface area contributed by atoms with Gasteiger partial charge in [0.25, 0.3) is 0 Å². The number of ether oxygens (including phenoxy) is 2. The highest BCUT2D eigenvalue weighted by atomic mass is 19.1. The highest BCUT2D eigenvalue weighted by molar-refractivity contribution is 6.41. The molecule has 1 heterocycles. The molecule has 152 valence electrons. The maximum absolute atomic E-state index is 14.6. The fraction of sp³-hybridized carbons (Fsp3) is 0.619. The van der Waals surface area contributed by atoms with Gasteiger partial charge in [-0.2, -0.15) is 0 Å². The first-order valence-corrected chi connectivity index (χ1v) is 9.91. The average molecular weight is 391 g/mol. The summed E-state index contributed by atoms with van der Waals surface area (Å²) < 4.78 is 38.1. The van der Waals surface area contributed by atoms with E-state index in [9.17, 15) is 8.78 Å². The minimum Gasteiger partial charge on any atom is -0.490 e. The van der Waals surface area contributed by atoms with Gasteiger partial charge in [0.1, 0.15) is 5.84 Å². The van der Waals surface area contributed by atoms with Gasteiger partial charge in [0.2, 0.25) is 0 Å². The van der Waals surface area contributed by atoms with Gasteiger partial charge in [0.05, 0.1) is 25.1 Å². The number of fused-ring (bicyclic) bond motifs is 3. The SMILES string of the molecule is CO[C@H]1CC[C@]2(CC1)Cc1cc(F)c(OCCCF)cc1C21N=C(C)C(N)=N1.